The number of rotatable bonds is 3. The van der Waals surface area contributed by atoms with E-state index in [1.807, 2.05) is 12.1 Å². The zero-order chi connectivity index (χ0) is 14.7. The molecule has 21 heavy (non-hydrogen) atoms. The Bertz CT molecular complexity index is 592. The highest BCUT2D eigenvalue weighted by Crippen LogP contribution is 2.27. The number of nitrogens with zero attached hydrogens (tertiary/aromatic N) is 2. The molecule has 3 nitrogen and oxygen atoms in total. The van der Waals surface area contributed by atoms with Crippen LogP contribution in [-0.4, -0.2) is 35.6 Å². The molecule has 4 heteroatoms. The minimum absolute atomic E-state index is 0.323. The molecule has 1 N–H and O–H groups in total. The van der Waals surface area contributed by atoms with Gasteiger partial charge in [0.15, 0.2) is 0 Å². The summed E-state index contributed by atoms with van der Waals surface area (Å²) in [6, 6.07) is 16.1. The Morgan fingerprint density at radius 3 is 2.33 bits per heavy atom. The highest BCUT2D eigenvalue weighted by molar-refractivity contribution is 7.97. The molecule has 0 atom stereocenters. The first-order valence-electron chi connectivity index (χ1n) is 7.24. The normalized spacial score (nSPS) is 16.1. The lowest BCUT2D eigenvalue weighted by Gasteiger charge is -2.35. The fourth-order valence-electron chi connectivity index (χ4n) is 2.52. The van der Waals surface area contributed by atoms with E-state index in [2.05, 4.69) is 40.4 Å². The first kappa shape index (κ1) is 14.3. The first-order valence-corrected chi connectivity index (χ1v) is 8.01. The molecule has 3 rings (SSSR count). The van der Waals surface area contributed by atoms with Gasteiger partial charge in [0, 0.05) is 36.8 Å². The van der Waals surface area contributed by atoms with Gasteiger partial charge >= 0.3 is 0 Å². The van der Waals surface area contributed by atoms with E-state index in [0.717, 1.165) is 26.2 Å². The lowest BCUT2D eigenvalue weighted by molar-refractivity contribution is 0.429. The molecular formula is C17H20N2OS. The van der Waals surface area contributed by atoms with Crippen LogP contribution < -0.4 is 4.90 Å². The van der Waals surface area contributed by atoms with Gasteiger partial charge in [0.1, 0.15) is 5.75 Å². The first-order chi connectivity index (χ1) is 10.2. The maximum absolute atomic E-state index is 9.32. The summed E-state index contributed by atoms with van der Waals surface area (Å²) >= 11 is 1.77. The van der Waals surface area contributed by atoms with Gasteiger partial charge in [-0.1, -0.05) is 12.1 Å². The largest absolute Gasteiger partial charge is 0.508 e. The van der Waals surface area contributed by atoms with Crippen molar-refractivity contribution in [3.63, 3.8) is 0 Å². The van der Waals surface area contributed by atoms with Crippen LogP contribution in [0.3, 0.4) is 0 Å². The van der Waals surface area contributed by atoms with Crippen molar-refractivity contribution in [3.05, 3.63) is 54.1 Å². The molecule has 110 valence electrons. The van der Waals surface area contributed by atoms with Gasteiger partial charge < -0.3 is 10.0 Å². The zero-order valence-electron chi connectivity index (χ0n) is 12.2. The van der Waals surface area contributed by atoms with Gasteiger partial charge in [-0.25, -0.2) is 4.31 Å². The van der Waals surface area contributed by atoms with E-state index in [-0.39, 0.29) is 0 Å². The molecule has 1 saturated heterocycles. The predicted octanol–water partition coefficient (Wildman–Crippen LogP) is 3.53. The van der Waals surface area contributed by atoms with Gasteiger partial charge in [0.05, 0.1) is 0 Å². The quantitative estimate of drug-likeness (QED) is 0.877. The Hall–Kier alpha value is -1.65. The van der Waals surface area contributed by atoms with E-state index < -0.39 is 0 Å². The van der Waals surface area contributed by atoms with Gasteiger partial charge in [-0.3, -0.25) is 0 Å². The lowest BCUT2D eigenvalue weighted by atomic mass is 10.2. The molecule has 0 amide bonds. The van der Waals surface area contributed by atoms with Crippen LogP contribution in [0.4, 0.5) is 5.69 Å². The highest BCUT2D eigenvalue weighted by atomic mass is 32.2. The maximum Gasteiger partial charge on any atom is 0.115 e. The summed E-state index contributed by atoms with van der Waals surface area (Å²) in [5.41, 5.74) is 2.64. The van der Waals surface area contributed by atoms with E-state index in [1.165, 1.54) is 16.1 Å². The number of aryl methyl sites for hydroxylation is 1. The molecule has 0 bridgehead atoms. The summed E-state index contributed by atoms with van der Waals surface area (Å²) in [7, 11) is 0. The summed E-state index contributed by atoms with van der Waals surface area (Å²) in [4.78, 5) is 3.62. The fourth-order valence-corrected chi connectivity index (χ4v) is 3.42. The van der Waals surface area contributed by atoms with Crippen LogP contribution in [0.2, 0.25) is 0 Å². The number of benzene rings is 2. The number of piperazine rings is 1. The summed E-state index contributed by atoms with van der Waals surface area (Å²) in [5, 5.41) is 9.32. The molecule has 1 aliphatic rings. The van der Waals surface area contributed by atoms with Crippen LogP contribution in [0.5, 0.6) is 5.75 Å². The molecule has 2 aromatic carbocycles. The summed E-state index contributed by atoms with van der Waals surface area (Å²) in [6.07, 6.45) is 0. The third kappa shape index (κ3) is 3.71. The fraction of sp³-hybridized carbons (Fsp3) is 0.294. The molecule has 0 radical (unpaired) electrons. The third-order valence-corrected chi connectivity index (χ3v) is 4.78. The Morgan fingerprint density at radius 1 is 0.952 bits per heavy atom. The molecule has 0 aliphatic carbocycles. The molecule has 0 saturated carbocycles. The molecule has 1 heterocycles. The zero-order valence-corrected chi connectivity index (χ0v) is 13.0. The van der Waals surface area contributed by atoms with E-state index in [0.29, 0.717) is 5.75 Å². The minimum atomic E-state index is 0.323. The standard InChI is InChI=1S/C17H20N2OS/c1-14-3-2-4-15(13-14)18-9-11-19(12-10-18)21-17-7-5-16(20)6-8-17/h2-8,13,20H,9-12H2,1H3. The smallest absolute Gasteiger partial charge is 0.115 e. The summed E-state index contributed by atoms with van der Waals surface area (Å²) in [5.74, 6) is 0.323. The van der Waals surface area contributed by atoms with E-state index >= 15 is 0 Å². The van der Waals surface area contributed by atoms with Crippen LogP contribution in [0.1, 0.15) is 5.56 Å². The SMILES string of the molecule is Cc1cccc(N2CCN(Sc3ccc(O)cc3)CC2)c1. The third-order valence-electron chi connectivity index (χ3n) is 3.68. The molecule has 0 spiro atoms. The van der Waals surface area contributed by atoms with Crippen molar-refractivity contribution in [3.8, 4) is 5.75 Å². The molecule has 1 fully saturated rings. The van der Waals surface area contributed by atoms with Crippen molar-refractivity contribution < 1.29 is 5.11 Å². The van der Waals surface area contributed by atoms with Crippen LogP contribution in [-0.2, 0) is 0 Å². The van der Waals surface area contributed by atoms with Crippen molar-refractivity contribution >= 4 is 17.6 Å². The Labute approximate surface area is 130 Å². The highest BCUT2D eigenvalue weighted by Gasteiger charge is 2.18. The van der Waals surface area contributed by atoms with Crippen LogP contribution in [0.15, 0.2) is 53.4 Å². The second kappa shape index (κ2) is 6.41. The van der Waals surface area contributed by atoms with Crippen LogP contribution in [0.25, 0.3) is 0 Å². The van der Waals surface area contributed by atoms with Gasteiger partial charge in [-0.15, -0.1) is 0 Å². The minimum Gasteiger partial charge on any atom is -0.508 e. The molecule has 2 aromatic rings. The average molecular weight is 300 g/mol. The molecular weight excluding hydrogens is 280 g/mol. The number of phenolic OH excluding ortho intramolecular Hbond substituents is 1. The monoisotopic (exact) mass is 300 g/mol. The number of aromatic hydroxyl groups is 1. The van der Waals surface area contributed by atoms with Crippen LogP contribution >= 0.6 is 11.9 Å². The van der Waals surface area contributed by atoms with Crippen molar-refractivity contribution in [1.82, 2.24) is 4.31 Å². The van der Waals surface area contributed by atoms with Crippen molar-refractivity contribution in [1.29, 1.82) is 0 Å². The predicted molar refractivity (Wildman–Crippen MR) is 88.9 cm³/mol. The maximum atomic E-state index is 9.32. The lowest BCUT2D eigenvalue weighted by Crippen LogP contribution is -2.43. The molecule has 0 aromatic heterocycles. The van der Waals surface area contributed by atoms with E-state index in [9.17, 15) is 5.11 Å². The topological polar surface area (TPSA) is 26.7 Å². The van der Waals surface area contributed by atoms with Gasteiger partial charge in [-0.05, 0) is 60.8 Å². The Morgan fingerprint density at radius 2 is 1.67 bits per heavy atom. The van der Waals surface area contributed by atoms with Gasteiger partial charge in [0.25, 0.3) is 0 Å². The number of hydrogen-bond acceptors (Lipinski definition) is 4. The van der Waals surface area contributed by atoms with E-state index in [1.54, 1.807) is 24.1 Å². The van der Waals surface area contributed by atoms with E-state index in [4.69, 9.17) is 0 Å². The number of phenols is 1. The van der Waals surface area contributed by atoms with Crippen molar-refractivity contribution in [2.45, 2.75) is 11.8 Å². The molecule has 1 aliphatic heterocycles. The average Bonchev–Trinajstić information content (AvgIpc) is 2.50. The number of anilines is 1. The number of hydrogen-bond donors (Lipinski definition) is 1. The second-order valence-corrected chi connectivity index (χ2v) is 6.51. The second-order valence-electron chi connectivity index (χ2n) is 5.34. The Balaban J connectivity index is 1.56. The van der Waals surface area contributed by atoms with Gasteiger partial charge in [0.2, 0.25) is 0 Å². The van der Waals surface area contributed by atoms with Crippen molar-refractivity contribution in [2.75, 3.05) is 31.1 Å². The molecule has 0 unspecified atom stereocenters. The van der Waals surface area contributed by atoms with Crippen LogP contribution in [0, 0.1) is 6.92 Å². The summed E-state index contributed by atoms with van der Waals surface area (Å²) < 4.78 is 2.39. The summed E-state index contributed by atoms with van der Waals surface area (Å²) in [6.45, 7) is 6.32. The van der Waals surface area contributed by atoms with Crippen molar-refractivity contribution in [2.24, 2.45) is 0 Å². The van der Waals surface area contributed by atoms with Gasteiger partial charge in [-0.2, -0.15) is 0 Å². The Kier molecular flexibility index (Phi) is 4.36.